The van der Waals surface area contributed by atoms with Gasteiger partial charge in [0.15, 0.2) is 12.1 Å². The van der Waals surface area contributed by atoms with E-state index in [0.717, 1.165) is 0 Å². The van der Waals surface area contributed by atoms with E-state index in [-0.39, 0.29) is 34.4 Å². The van der Waals surface area contributed by atoms with Gasteiger partial charge in [0.2, 0.25) is 5.78 Å². The molecule has 2 aromatic rings. The molecule has 2 aliphatic heterocycles. The molecule has 15 nitrogen and oxygen atoms in total. The molecular formula is C36H46N2O13. The number of hydrogen-bond acceptors (Lipinski definition) is 14. The van der Waals surface area contributed by atoms with Gasteiger partial charge in [0, 0.05) is 68.2 Å². The van der Waals surface area contributed by atoms with E-state index in [9.17, 15) is 45.0 Å². The smallest absolute Gasteiger partial charge is 0.410 e. The van der Waals surface area contributed by atoms with Crippen LogP contribution in [0.15, 0.2) is 18.2 Å². The molecule has 2 aromatic carbocycles. The molecule has 0 aromatic heterocycles. The average molecular weight is 715 g/mol. The van der Waals surface area contributed by atoms with Gasteiger partial charge < -0.3 is 54.5 Å². The van der Waals surface area contributed by atoms with Crippen molar-refractivity contribution in [2.24, 2.45) is 0 Å². The molecule has 2 aliphatic carbocycles. The number of ether oxygens (including phenoxy) is 4. The van der Waals surface area contributed by atoms with E-state index in [0.29, 0.717) is 26.2 Å². The van der Waals surface area contributed by atoms with Gasteiger partial charge in [-0.1, -0.05) is 12.1 Å². The van der Waals surface area contributed by atoms with Crippen molar-refractivity contribution in [3.05, 3.63) is 51.6 Å². The minimum Gasteiger partial charge on any atom is -0.507 e. The Hall–Kier alpha value is -3.83. The van der Waals surface area contributed by atoms with Crippen molar-refractivity contribution in [1.29, 1.82) is 0 Å². The maximum atomic E-state index is 13.9. The van der Waals surface area contributed by atoms with Gasteiger partial charge in [0.25, 0.3) is 0 Å². The molecular weight excluding hydrogens is 668 g/mol. The molecule has 4 aliphatic rings. The number of piperazine rings is 1. The first-order valence-corrected chi connectivity index (χ1v) is 17.1. The second kappa shape index (κ2) is 13.6. The number of benzene rings is 2. The Labute approximate surface area is 294 Å². The Morgan fingerprint density at radius 3 is 2.35 bits per heavy atom. The summed E-state index contributed by atoms with van der Waals surface area (Å²) in [5, 5.41) is 66.9. The summed E-state index contributed by atoms with van der Waals surface area (Å²) in [6.45, 7) is 7.77. The van der Waals surface area contributed by atoms with Crippen LogP contribution < -0.4 is 4.74 Å². The number of nitrogens with zero attached hydrogens (tertiary/aromatic N) is 2. The Kier molecular flexibility index (Phi) is 9.87. The number of carbonyl (C=O) groups excluding carboxylic acids is 3. The normalized spacial score (nSPS) is 28.8. The summed E-state index contributed by atoms with van der Waals surface area (Å²) >= 11 is 0. The van der Waals surface area contributed by atoms with E-state index in [1.54, 1.807) is 32.6 Å². The van der Waals surface area contributed by atoms with E-state index in [1.165, 1.54) is 25.3 Å². The molecule has 7 atom stereocenters. The number of fused-ring (bicyclic) bond motifs is 3. The predicted molar refractivity (Wildman–Crippen MR) is 178 cm³/mol. The van der Waals surface area contributed by atoms with Crippen molar-refractivity contribution >= 4 is 17.7 Å². The molecule has 2 unspecified atom stereocenters. The van der Waals surface area contributed by atoms with Crippen molar-refractivity contribution in [2.75, 3.05) is 39.9 Å². The summed E-state index contributed by atoms with van der Waals surface area (Å²) in [7, 11) is 1.33. The molecule has 278 valence electrons. The number of ketones is 2. The van der Waals surface area contributed by atoms with Crippen molar-refractivity contribution in [1.82, 2.24) is 9.80 Å². The first-order valence-electron chi connectivity index (χ1n) is 17.1. The van der Waals surface area contributed by atoms with Gasteiger partial charge in [-0.2, -0.15) is 0 Å². The zero-order valence-electron chi connectivity index (χ0n) is 29.3. The van der Waals surface area contributed by atoms with Gasteiger partial charge in [0.1, 0.15) is 29.0 Å². The highest BCUT2D eigenvalue weighted by molar-refractivity contribution is 6.31. The van der Waals surface area contributed by atoms with Gasteiger partial charge in [0.05, 0.1) is 54.3 Å². The number of phenolic OH excluding ortho intramolecular Hbond substituents is 2. The number of methoxy groups -OCH3 is 1. The Morgan fingerprint density at radius 2 is 1.73 bits per heavy atom. The largest absolute Gasteiger partial charge is 0.507 e. The van der Waals surface area contributed by atoms with Crippen molar-refractivity contribution < 1.29 is 64.0 Å². The predicted octanol–water partition coefficient (Wildman–Crippen LogP) is 1.39. The quantitative estimate of drug-likeness (QED) is 0.199. The third-order valence-corrected chi connectivity index (χ3v) is 10.3. The lowest BCUT2D eigenvalue weighted by Crippen LogP contribution is -2.60. The zero-order valence-corrected chi connectivity index (χ0v) is 29.3. The van der Waals surface area contributed by atoms with Gasteiger partial charge in [-0.05, 0) is 33.8 Å². The summed E-state index contributed by atoms with van der Waals surface area (Å²) in [6, 6.07) is 3.92. The molecule has 0 spiro atoms. The molecule has 0 saturated carbocycles. The fourth-order valence-corrected chi connectivity index (χ4v) is 7.71. The molecule has 2 saturated heterocycles. The average Bonchev–Trinajstić information content (AvgIpc) is 3.08. The van der Waals surface area contributed by atoms with Crippen LogP contribution in [0, 0.1) is 0 Å². The third kappa shape index (κ3) is 6.56. The maximum absolute atomic E-state index is 13.9. The minimum atomic E-state index is -2.09. The molecule has 2 fully saturated rings. The van der Waals surface area contributed by atoms with Crippen LogP contribution in [-0.4, -0.2) is 140 Å². The Morgan fingerprint density at radius 1 is 1.06 bits per heavy atom. The second-order valence-corrected chi connectivity index (χ2v) is 14.8. The first-order chi connectivity index (χ1) is 24.0. The van der Waals surface area contributed by atoms with Crippen molar-refractivity contribution in [3.63, 3.8) is 0 Å². The Balaban J connectivity index is 1.33. The Bertz CT molecular complexity index is 1720. The third-order valence-electron chi connectivity index (χ3n) is 10.3. The fraction of sp³-hybridized carbons (Fsp3) is 0.583. The lowest BCUT2D eigenvalue weighted by Gasteiger charge is -2.47. The molecule has 1 amide bonds. The van der Waals surface area contributed by atoms with Crippen LogP contribution in [0.4, 0.5) is 4.79 Å². The number of aliphatic hydroxyl groups is 4. The highest BCUT2D eigenvalue weighted by Gasteiger charge is 2.50. The lowest BCUT2D eigenvalue weighted by molar-refractivity contribution is -0.262. The highest BCUT2D eigenvalue weighted by atomic mass is 16.7. The molecule has 6 N–H and O–H groups in total. The summed E-state index contributed by atoms with van der Waals surface area (Å²) in [4.78, 5) is 44.0. The zero-order chi connectivity index (χ0) is 37.2. The van der Waals surface area contributed by atoms with Crippen LogP contribution in [0.25, 0.3) is 0 Å². The van der Waals surface area contributed by atoms with Gasteiger partial charge in [-0.25, -0.2) is 4.79 Å². The van der Waals surface area contributed by atoms with Crippen LogP contribution in [0.3, 0.4) is 0 Å². The fourth-order valence-electron chi connectivity index (χ4n) is 7.71. The standard InChI is InChI=1S/C36H46N2O13/c1-17-29(41)20(37-9-11-38(12-10-37)34(46)51-35(2,3)4)13-24(49-17)50-22-15-36(47,23(40)16-39)14-19-26(22)33(45)28-27(31(19)43)30(42)18-7-6-8-21(48-5)25(18)32(28)44/h6-8,17,20,22-24,29,39-41,43,45,47H,9-16H2,1-5H3/t17-,20?,22-,23?,24-,29+,36-/m0/s1. The highest BCUT2D eigenvalue weighted by Crippen LogP contribution is 2.53. The number of aromatic hydroxyl groups is 2. The molecule has 51 heavy (non-hydrogen) atoms. The van der Waals surface area contributed by atoms with Crippen molar-refractivity contribution in [2.45, 2.75) is 94.9 Å². The van der Waals surface area contributed by atoms with Crippen LogP contribution in [0.2, 0.25) is 0 Å². The summed E-state index contributed by atoms with van der Waals surface area (Å²) < 4.78 is 23.3. The van der Waals surface area contributed by atoms with Gasteiger partial charge in [-0.15, -0.1) is 0 Å². The SMILES string of the molecule is COc1cccc2c1C(=O)c1c(O)c3c(c(O)c1C2=O)C[C@@](O)(C(O)CO)C[C@@H]3O[C@H]1CC(N2CCN(C(=O)OC(C)(C)C)CC2)[C@H](O)[C@H](C)O1. The molecule has 0 bridgehead atoms. The van der Waals surface area contributed by atoms with E-state index >= 15 is 0 Å². The van der Waals surface area contributed by atoms with Crippen LogP contribution in [0.1, 0.15) is 89.6 Å². The number of phenols is 2. The first kappa shape index (κ1) is 36.9. The van der Waals surface area contributed by atoms with E-state index in [1.807, 2.05) is 4.90 Å². The van der Waals surface area contributed by atoms with E-state index in [2.05, 4.69) is 0 Å². The maximum Gasteiger partial charge on any atom is 0.410 e. The topological polar surface area (TPSA) is 216 Å². The molecule has 2 heterocycles. The summed E-state index contributed by atoms with van der Waals surface area (Å²) in [6.07, 6.45) is -6.97. The summed E-state index contributed by atoms with van der Waals surface area (Å²) in [5.41, 5.74) is -4.00. The van der Waals surface area contributed by atoms with E-state index < -0.39 is 108 Å². The monoisotopic (exact) mass is 714 g/mol. The molecule has 15 heteroatoms. The van der Waals surface area contributed by atoms with Crippen LogP contribution in [0.5, 0.6) is 17.2 Å². The number of rotatable bonds is 6. The number of amides is 1. The van der Waals surface area contributed by atoms with Gasteiger partial charge >= 0.3 is 6.09 Å². The summed E-state index contributed by atoms with van der Waals surface area (Å²) in [5.74, 6) is -2.73. The van der Waals surface area contributed by atoms with Crippen LogP contribution >= 0.6 is 0 Å². The van der Waals surface area contributed by atoms with Crippen molar-refractivity contribution in [3.8, 4) is 17.2 Å². The second-order valence-electron chi connectivity index (χ2n) is 14.8. The minimum absolute atomic E-state index is 0.0446. The number of aliphatic hydroxyl groups excluding tert-OH is 3. The van der Waals surface area contributed by atoms with E-state index in [4.69, 9.17) is 18.9 Å². The van der Waals surface area contributed by atoms with Gasteiger partial charge in [-0.3, -0.25) is 14.5 Å². The number of carbonyl (C=O) groups is 3. The molecule has 0 radical (unpaired) electrons. The number of hydrogen-bond donors (Lipinski definition) is 6. The van der Waals surface area contributed by atoms with Crippen LogP contribution in [-0.2, 0) is 20.6 Å². The lowest BCUT2D eigenvalue weighted by atomic mass is 9.71. The molecule has 6 rings (SSSR count).